The number of benzene rings is 2. The Morgan fingerprint density at radius 2 is 2.07 bits per heavy atom. The van der Waals surface area contributed by atoms with E-state index in [0.717, 1.165) is 40.3 Å². The van der Waals surface area contributed by atoms with Gasteiger partial charge in [-0.1, -0.05) is 29.8 Å². The summed E-state index contributed by atoms with van der Waals surface area (Å²) in [5, 5.41) is 0.407. The number of nitrogens with zero attached hydrogens (tertiary/aromatic N) is 3. The second-order valence-electron chi connectivity index (χ2n) is 7.13. The number of hydrogen-bond donors (Lipinski definition) is 1. The number of aromatic nitrogens is 2. The van der Waals surface area contributed by atoms with E-state index in [1.807, 2.05) is 24.3 Å². The largest absolute Gasteiger partial charge is 0.340 e. The molecular formula is C20H21ClN4O3S. The SMILES string of the molecule is CS(=O)(=O)N(CC(=O)N1CCC[C@H]1c1nc2ccccc2[nH]1)c1cccc(Cl)c1. The molecule has 0 bridgehead atoms. The van der Waals surface area contributed by atoms with Crippen molar-refractivity contribution in [1.82, 2.24) is 14.9 Å². The second-order valence-corrected chi connectivity index (χ2v) is 9.48. The molecule has 9 heteroatoms. The van der Waals surface area contributed by atoms with Crippen LogP contribution in [0.15, 0.2) is 48.5 Å². The number of carbonyl (C=O) groups is 1. The number of anilines is 1. The van der Waals surface area contributed by atoms with Crippen molar-refractivity contribution in [2.75, 3.05) is 23.7 Å². The number of rotatable bonds is 5. The van der Waals surface area contributed by atoms with Crippen molar-refractivity contribution in [3.8, 4) is 0 Å². The number of carbonyl (C=O) groups excluding carboxylic acids is 1. The molecule has 1 fully saturated rings. The van der Waals surface area contributed by atoms with Crippen molar-refractivity contribution in [3.63, 3.8) is 0 Å². The molecular weight excluding hydrogens is 412 g/mol. The molecule has 4 rings (SSSR count). The van der Waals surface area contributed by atoms with Crippen LogP contribution in [0.5, 0.6) is 0 Å². The Morgan fingerprint density at radius 1 is 1.28 bits per heavy atom. The molecule has 1 aliphatic heterocycles. The minimum absolute atomic E-state index is 0.198. The topological polar surface area (TPSA) is 86.4 Å². The van der Waals surface area contributed by atoms with Gasteiger partial charge in [0.15, 0.2) is 0 Å². The third-order valence-electron chi connectivity index (χ3n) is 5.07. The van der Waals surface area contributed by atoms with E-state index >= 15 is 0 Å². The van der Waals surface area contributed by atoms with Gasteiger partial charge in [0.05, 0.1) is 29.0 Å². The van der Waals surface area contributed by atoms with Gasteiger partial charge < -0.3 is 9.88 Å². The first-order valence-corrected chi connectivity index (χ1v) is 11.5. The minimum Gasteiger partial charge on any atom is -0.340 e. The van der Waals surface area contributed by atoms with Gasteiger partial charge in [-0.25, -0.2) is 13.4 Å². The number of amides is 1. The highest BCUT2D eigenvalue weighted by molar-refractivity contribution is 7.92. The van der Waals surface area contributed by atoms with Crippen LogP contribution in [0.1, 0.15) is 24.7 Å². The highest BCUT2D eigenvalue weighted by atomic mass is 35.5. The number of fused-ring (bicyclic) bond motifs is 1. The van der Waals surface area contributed by atoms with Gasteiger partial charge in [0.1, 0.15) is 12.4 Å². The fraction of sp³-hybridized carbons (Fsp3) is 0.300. The van der Waals surface area contributed by atoms with Crippen molar-refractivity contribution in [2.45, 2.75) is 18.9 Å². The molecule has 29 heavy (non-hydrogen) atoms. The van der Waals surface area contributed by atoms with Gasteiger partial charge in [-0.15, -0.1) is 0 Å². The summed E-state index contributed by atoms with van der Waals surface area (Å²) in [5.74, 6) is 0.462. The predicted octanol–water partition coefficient (Wildman–Crippen LogP) is 3.35. The predicted molar refractivity (Wildman–Crippen MR) is 113 cm³/mol. The molecule has 1 amide bonds. The van der Waals surface area contributed by atoms with E-state index in [9.17, 15) is 13.2 Å². The van der Waals surface area contributed by atoms with Crippen LogP contribution in [-0.4, -0.2) is 48.5 Å². The van der Waals surface area contributed by atoms with Crippen LogP contribution in [0.25, 0.3) is 11.0 Å². The molecule has 0 radical (unpaired) electrons. The number of halogens is 1. The fourth-order valence-corrected chi connectivity index (χ4v) is 4.75. The van der Waals surface area contributed by atoms with Gasteiger partial charge in [-0.2, -0.15) is 0 Å². The van der Waals surface area contributed by atoms with Crippen LogP contribution in [-0.2, 0) is 14.8 Å². The zero-order valence-electron chi connectivity index (χ0n) is 15.9. The van der Waals surface area contributed by atoms with Crippen LogP contribution >= 0.6 is 11.6 Å². The van der Waals surface area contributed by atoms with Crippen molar-refractivity contribution < 1.29 is 13.2 Å². The molecule has 0 aliphatic carbocycles. The maximum atomic E-state index is 13.1. The normalized spacial score (nSPS) is 17.0. The van der Waals surface area contributed by atoms with E-state index in [4.69, 9.17) is 11.6 Å². The molecule has 152 valence electrons. The Hall–Kier alpha value is -2.58. The number of hydrogen-bond acceptors (Lipinski definition) is 4. The number of sulfonamides is 1. The van der Waals surface area contributed by atoms with Gasteiger partial charge in [0.2, 0.25) is 15.9 Å². The van der Waals surface area contributed by atoms with E-state index in [2.05, 4.69) is 9.97 Å². The molecule has 2 aromatic carbocycles. The van der Waals surface area contributed by atoms with Gasteiger partial charge in [-0.05, 0) is 43.2 Å². The molecule has 1 N–H and O–H groups in total. The lowest BCUT2D eigenvalue weighted by molar-refractivity contribution is -0.130. The third-order valence-corrected chi connectivity index (χ3v) is 6.45. The smallest absolute Gasteiger partial charge is 0.243 e. The summed E-state index contributed by atoms with van der Waals surface area (Å²) in [5.41, 5.74) is 2.13. The van der Waals surface area contributed by atoms with Gasteiger partial charge in [0.25, 0.3) is 0 Å². The highest BCUT2D eigenvalue weighted by Gasteiger charge is 2.34. The molecule has 1 aliphatic rings. The maximum absolute atomic E-state index is 13.1. The van der Waals surface area contributed by atoms with Crippen molar-refractivity contribution in [1.29, 1.82) is 0 Å². The molecule has 1 aromatic heterocycles. The second kappa shape index (κ2) is 7.68. The Morgan fingerprint density at radius 3 is 2.79 bits per heavy atom. The average Bonchev–Trinajstić information content (AvgIpc) is 3.31. The standard InChI is InChI=1S/C20H21ClN4O3S/c1-29(27,28)25(15-7-4-6-14(21)12-15)13-19(26)24-11-5-10-18(24)20-22-16-8-2-3-9-17(16)23-20/h2-4,6-9,12,18H,5,10-11,13H2,1H3,(H,22,23)/t18-/m0/s1. The summed E-state index contributed by atoms with van der Waals surface area (Å²) in [4.78, 5) is 22.7. The number of imidazole rings is 1. The third kappa shape index (κ3) is 4.09. The van der Waals surface area contributed by atoms with Crippen LogP contribution in [0, 0.1) is 0 Å². The lowest BCUT2D eigenvalue weighted by Gasteiger charge is -2.28. The first-order valence-electron chi connectivity index (χ1n) is 9.30. The minimum atomic E-state index is -3.66. The van der Waals surface area contributed by atoms with E-state index in [1.165, 1.54) is 6.07 Å². The zero-order chi connectivity index (χ0) is 20.6. The molecule has 1 atom stereocenters. The Labute approximate surface area is 174 Å². The van der Waals surface area contributed by atoms with Crippen LogP contribution in [0.3, 0.4) is 0 Å². The molecule has 3 aromatic rings. The van der Waals surface area contributed by atoms with Crippen molar-refractivity contribution in [3.05, 3.63) is 59.4 Å². The Kier molecular flexibility index (Phi) is 5.23. The van der Waals surface area contributed by atoms with Gasteiger partial charge in [0, 0.05) is 11.6 Å². The summed E-state index contributed by atoms with van der Waals surface area (Å²) in [6.45, 7) is 0.281. The number of para-hydroxylation sites is 2. The van der Waals surface area contributed by atoms with Crippen LogP contribution < -0.4 is 4.31 Å². The summed E-state index contributed by atoms with van der Waals surface area (Å²) >= 11 is 6.02. The van der Waals surface area contributed by atoms with Gasteiger partial charge >= 0.3 is 0 Å². The molecule has 1 saturated heterocycles. The van der Waals surface area contributed by atoms with Crippen LogP contribution in [0.2, 0.25) is 5.02 Å². The molecule has 2 heterocycles. The van der Waals surface area contributed by atoms with E-state index in [1.54, 1.807) is 23.1 Å². The van der Waals surface area contributed by atoms with Crippen LogP contribution in [0.4, 0.5) is 5.69 Å². The molecule has 0 spiro atoms. The molecule has 7 nitrogen and oxygen atoms in total. The molecule has 0 unspecified atom stereocenters. The summed E-state index contributed by atoms with van der Waals surface area (Å²) in [7, 11) is -3.66. The highest BCUT2D eigenvalue weighted by Crippen LogP contribution is 2.32. The van der Waals surface area contributed by atoms with E-state index in [-0.39, 0.29) is 18.5 Å². The van der Waals surface area contributed by atoms with Crippen molar-refractivity contribution >= 4 is 44.3 Å². The lowest BCUT2D eigenvalue weighted by Crippen LogP contribution is -2.42. The number of H-pyrrole nitrogens is 1. The van der Waals surface area contributed by atoms with Gasteiger partial charge in [-0.3, -0.25) is 9.10 Å². The van der Waals surface area contributed by atoms with E-state index < -0.39 is 10.0 Å². The summed E-state index contributed by atoms with van der Waals surface area (Å²) in [6, 6.07) is 14.0. The Bertz CT molecular complexity index is 1130. The quantitative estimate of drug-likeness (QED) is 0.669. The first kappa shape index (κ1) is 19.7. The van der Waals surface area contributed by atoms with E-state index in [0.29, 0.717) is 17.3 Å². The molecule has 0 saturated carbocycles. The first-order chi connectivity index (χ1) is 13.8. The summed E-state index contributed by atoms with van der Waals surface area (Å²) in [6.07, 6.45) is 2.70. The zero-order valence-corrected chi connectivity index (χ0v) is 17.4. The summed E-state index contributed by atoms with van der Waals surface area (Å²) < 4.78 is 25.8. The number of aromatic amines is 1. The number of likely N-dealkylation sites (tertiary alicyclic amines) is 1. The maximum Gasteiger partial charge on any atom is 0.243 e. The average molecular weight is 433 g/mol. The fourth-order valence-electron chi connectivity index (χ4n) is 3.72. The Balaban J connectivity index is 1.60. The number of nitrogens with one attached hydrogen (secondary N) is 1. The lowest BCUT2D eigenvalue weighted by atomic mass is 10.2. The van der Waals surface area contributed by atoms with Crippen molar-refractivity contribution in [2.24, 2.45) is 0 Å². The monoisotopic (exact) mass is 432 g/mol.